The zero-order chi connectivity index (χ0) is 23.5. The van der Waals surface area contributed by atoms with Gasteiger partial charge in [0.15, 0.2) is 0 Å². The zero-order valence-corrected chi connectivity index (χ0v) is 19.0. The van der Waals surface area contributed by atoms with Gasteiger partial charge in [-0.3, -0.25) is 4.79 Å². The number of likely N-dealkylation sites (tertiary alicyclic amines) is 1. The highest BCUT2D eigenvalue weighted by Gasteiger charge is 2.35. The lowest BCUT2D eigenvalue weighted by molar-refractivity contribution is -0.139. The van der Waals surface area contributed by atoms with Crippen molar-refractivity contribution >= 4 is 29.8 Å². The van der Waals surface area contributed by atoms with Crippen LogP contribution in [0.3, 0.4) is 0 Å². The first-order valence-corrected chi connectivity index (χ1v) is 11.6. The summed E-state index contributed by atoms with van der Waals surface area (Å²) in [6.07, 6.45) is 2.08. The van der Waals surface area contributed by atoms with Crippen LogP contribution in [0, 0.1) is 22.7 Å². The molecule has 4 rings (SSSR count). The van der Waals surface area contributed by atoms with E-state index in [9.17, 15) is 25.2 Å². The van der Waals surface area contributed by atoms with Crippen LogP contribution in [0.25, 0.3) is 0 Å². The molecule has 1 unspecified atom stereocenters. The smallest absolute Gasteiger partial charge is 0.242 e. The van der Waals surface area contributed by atoms with Gasteiger partial charge in [-0.2, -0.15) is 10.5 Å². The predicted octanol–water partition coefficient (Wildman–Crippen LogP) is 2.37. The van der Waals surface area contributed by atoms with Crippen molar-refractivity contribution in [1.29, 1.82) is 10.5 Å². The second-order valence-electron chi connectivity index (χ2n) is 8.30. The number of β-amino-alcohol motifs (C(OH)–C–C–N with tert-alkyl or cyclic N) is 1. The molecule has 1 aliphatic carbocycles. The highest BCUT2D eigenvalue weighted by atomic mass is 32.2. The minimum atomic E-state index is -0.562. The van der Waals surface area contributed by atoms with E-state index >= 15 is 0 Å². The second kappa shape index (κ2) is 9.62. The number of aliphatic hydroxyl groups is 1. The zero-order valence-electron chi connectivity index (χ0n) is 18.1. The molecule has 2 fully saturated rings. The molecule has 0 radical (unpaired) electrons. The normalized spacial score (nSPS) is 16.3. The molecule has 8 nitrogen and oxygen atoms in total. The molecule has 1 saturated heterocycles. The number of carbonyl (C=O) groups is 2. The molecular weight excluding hydrogens is 438 g/mol. The molecule has 0 spiro atoms. The van der Waals surface area contributed by atoms with Gasteiger partial charge in [-0.15, -0.1) is 0 Å². The first-order chi connectivity index (χ1) is 16.0. The van der Waals surface area contributed by atoms with Crippen molar-refractivity contribution in [1.82, 2.24) is 9.88 Å². The summed E-state index contributed by atoms with van der Waals surface area (Å²) in [5.41, 5.74) is 2.08. The third-order valence-electron chi connectivity index (χ3n) is 5.83. The summed E-state index contributed by atoms with van der Waals surface area (Å²) >= 11 is 1.18. The average Bonchev–Trinajstić information content (AvgIpc) is 3.65. The van der Waals surface area contributed by atoms with Gasteiger partial charge in [-0.1, -0.05) is 42.1 Å². The number of thioether (sulfide) groups is 1. The number of likely N-dealkylation sites (N-methyl/N-ethyl adjacent to an activating group) is 1. The Bertz CT molecular complexity index is 1150. The molecule has 1 aromatic heterocycles. The molecule has 9 heteroatoms. The van der Waals surface area contributed by atoms with E-state index in [4.69, 9.17) is 0 Å². The fourth-order valence-electron chi connectivity index (χ4n) is 3.90. The number of aromatic nitrogens is 1. The Hall–Kier alpha value is -3.40. The summed E-state index contributed by atoms with van der Waals surface area (Å²) in [5, 5.41) is 29.2. The Balaban J connectivity index is 1.72. The van der Waals surface area contributed by atoms with Crippen LogP contribution < -0.4 is 4.90 Å². The van der Waals surface area contributed by atoms with Crippen LogP contribution in [0.15, 0.2) is 35.4 Å². The lowest BCUT2D eigenvalue weighted by Gasteiger charge is -2.37. The van der Waals surface area contributed by atoms with E-state index in [-0.39, 0.29) is 18.4 Å². The largest absolute Gasteiger partial charge is 0.389 e. The number of aliphatic hydroxyl groups excluding tert-OH is 1. The van der Waals surface area contributed by atoms with Gasteiger partial charge in [-0.25, -0.2) is 4.98 Å². The van der Waals surface area contributed by atoms with Crippen LogP contribution in [0.4, 0.5) is 5.82 Å². The SMILES string of the molecule is CN(CC(=O)N1CC(O)C1)c1nc(SC(C=O)c2ccccc2)c(C#N)c(C2CC2)c1C#N. The van der Waals surface area contributed by atoms with Gasteiger partial charge in [0.1, 0.15) is 29.3 Å². The molecule has 1 aliphatic heterocycles. The van der Waals surface area contributed by atoms with Gasteiger partial charge in [0.25, 0.3) is 0 Å². The maximum Gasteiger partial charge on any atom is 0.242 e. The number of rotatable bonds is 8. The van der Waals surface area contributed by atoms with Gasteiger partial charge >= 0.3 is 0 Å². The van der Waals surface area contributed by atoms with Crippen LogP contribution in [0.5, 0.6) is 0 Å². The van der Waals surface area contributed by atoms with Crippen LogP contribution in [-0.2, 0) is 9.59 Å². The highest BCUT2D eigenvalue weighted by molar-refractivity contribution is 8.00. The number of hydrogen-bond acceptors (Lipinski definition) is 8. The van der Waals surface area contributed by atoms with Gasteiger partial charge in [0.05, 0.1) is 29.0 Å². The van der Waals surface area contributed by atoms with E-state index < -0.39 is 11.4 Å². The van der Waals surface area contributed by atoms with Crippen molar-refractivity contribution in [3.63, 3.8) is 0 Å². The van der Waals surface area contributed by atoms with Crippen molar-refractivity contribution in [3.8, 4) is 12.1 Å². The number of hydrogen-bond donors (Lipinski definition) is 1. The number of pyridine rings is 1. The van der Waals surface area contributed by atoms with E-state index in [0.717, 1.165) is 24.7 Å². The van der Waals surface area contributed by atoms with Gasteiger partial charge in [0.2, 0.25) is 5.91 Å². The van der Waals surface area contributed by atoms with Crippen LogP contribution in [-0.4, -0.2) is 60.0 Å². The molecule has 168 valence electrons. The van der Waals surface area contributed by atoms with Crippen LogP contribution in [0.1, 0.15) is 46.3 Å². The lowest BCUT2D eigenvalue weighted by atomic mass is 10.00. The van der Waals surface area contributed by atoms with Gasteiger partial charge in [-0.05, 0) is 29.9 Å². The van der Waals surface area contributed by atoms with E-state index in [1.165, 1.54) is 11.8 Å². The topological polar surface area (TPSA) is 121 Å². The molecule has 0 bridgehead atoms. The third-order valence-corrected chi connectivity index (χ3v) is 6.99. The van der Waals surface area contributed by atoms with E-state index in [1.54, 1.807) is 16.8 Å². The van der Waals surface area contributed by atoms with Crippen molar-refractivity contribution in [2.75, 3.05) is 31.6 Å². The number of amides is 1. The van der Waals surface area contributed by atoms with E-state index in [1.807, 2.05) is 30.3 Å². The molecule has 2 aliphatic rings. The van der Waals surface area contributed by atoms with E-state index in [0.29, 0.717) is 40.6 Å². The Morgan fingerprint density at radius 1 is 1.27 bits per heavy atom. The van der Waals surface area contributed by atoms with Crippen LogP contribution >= 0.6 is 11.8 Å². The van der Waals surface area contributed by atoms with Crippen molar-refractivity contribution in [2.45, 2.75) is 35.1 Å². The Morgan fingerprint density at radius 3 is 2.48 bits per heavy atom. The number of nitriles is 2. The molecule has 1 N–H and O–H groups in total. The minimum absolute atomic E-state index is 0.00962. The van der Waals surface area contributed by atoms with Crippen molar-refractivity contribution in [2.24, 2.45) is 0 Å². The molecule has 1 atom stereocenters. The number of nitrogens with zero attached hydrogens (tertiary/aromatic N) is 5. The third kappa shape index (κ3) is 4.70. The lowest BCUT2D eigenvalue weighted by Crippen LogP contribution is -2.55. The number of carbonyl (C=O) groups excluding carboxylic acids is 2. The molecular formula is C24H23N5O3S. The summed E-state index contributed by atoms with van der Waals surface area (Å²) in [6, 6.07) is 13.7. The monoisotopic (exact) mass is 461 g/mol. The predicted molar refractivity (Wildman–Crippen MR) is 123 cm³/mol. The highest BCUT2D eigenvalue weighted by Crippen LogP contribution is 2.48. The average molecular weight is 462 g/mol. The summed E-state index contributed by atoms with van der Waals surface area (Å²) in [4.78, 5) is 32.3. The number of benzene rings is 1. The van der Waals surface area contributed by atoms with Gasteiger partial charge < -0.3 is 19.7 Å². The van der Waals surface area contributed by atoms with E-state index in [2.05, 4.69) is 17.1 Å². The minimum Gasteiger partial charge on any atom is -0.389 e. The Morgan fingerprint density at radius 2 is 1.94 bits per heavy atom. The first-order valence-electron chi connectivity index (χ1n) is 10.7. The maximum atomic E-state index is 12.6. The standard InChI is InChI=1S/C24H23N5O3S/c1-28(13-21(32)29-11-17(31)12-29)23-18(9-25)22(16-7-8-16)19(10-26)24(27-23)33-20(14-30)15-5-3-2-4-6-15/h2-6,14,16-17,20,31H,7-8,11-13H2,1H3. The van der Waals surface area contributed by atoms with Crippen molar-refractivity contribution in [3.05, 3.63) is 52.6 Å². The fraction of sp³-hybridized carbons (Fsp3) is 0.375. The summed E-state index contributed by atoms with van der Waals surface area (Å²) < 4.78 is 0. The Kier molecular flexibility index (Phi) is 6.64. The van der Waals surface area contributed by atoms with Crippen molar-refractivity contribution < 1.29 is 14.7 Å². The first kappa shape index (κ1) is 22.8. The van der Waals surface area contributed by atoms with Gasteiger partial charge in [0, 0.05) is 20.1 Å². The van der Waals surface area contributed by atoms with Crippen LogP contribution in [0.2, 0.25) is 0 Å². The molecule has 1 aromatic carbocycles. The molecule has 2 heterocycles. The molecule has 33 heavy (non-hydrogen) atoms. The molecule has 2 aromatic rings. The quantitative estimate of drug-likeness (QED) is 0.470. The summed E-state index contributed by atoms with van der Waals surface area (Å²) in [7, 11) is 1.68. The molecule has 1 amide bonds. The summed E-state index contributed by atoms with van der Waals surface area (Å²) in [5.74, 6) is 0.250. The maximum absolute atomic E-state index is 12.6. The Labute approximate surface area is 196 Å². The summed E-state index contributed by atoms with van der Waals surface area (Å²) in [6.45, 7) is 0.584. The number of aldehydes is 1. The fourth-order valence-corrected chi connectivity index (χ4v) is 4.90. The molecule has 1 saturated carbocycles. The second-order valence-corrected chi connectivity index (χ2v) is 9.43. The number of anilines is 1.